The molecule has 1 aromatic carbocycles. The Labute approximate surface area is 152 Å². The van der Waals surface area contributed by atoms with Crippen LogP contribution in [0.15, 0.2) is 53.3 Å². The van der Waals surface area contributed by atoms with Crippen LogP contribution < -0.4 is 4.74 Å². The minimum atomic E-state index is 0.151. The molecule has 1 saturated heterocycles. The Morgan fingerprint density at radius 3 is 2.92 bits per heavy atom. The molecule has 3 heterocycles. The number of pyridine rings is 1. The van der Waals surface area contributed by atoms with Gasteiger partial charge in [0.05, 0.1) is 13.2 Å². The summed E-state index contributed by atoms with van der Waals surface area (Å²) in [7, 11) is 1.70. The Kier molecular flexibility index (Phi) is 4.93. The number of nitrogens with zero attached hydrogens (tertiary/aromatic N) is 4. The minimum absolute atomic E-state index is 0.151. The molecule has 1 fully saturated rings. The van der Waals surface area contributed by atoms with E-state index in [0.29, 0.717) is 11.7 Å². The summed E-state index contributed by atoms with van der Waals surface area (Å²) in [5, 5.41) is 4.17. The maximum Gasteiger partial charge on any atom is 0.244 e. The van der Waals surface area contributed by atoms with Crippen LogP contribution in [-0.2, 0) is 6.54 Å². The van der Waals surface area contributed by atoms with E-state index in [1.807, 2.05) is 24.3 Å². The van der Waals surface area contributed by atoms with Crippen molar-refractivity contribution in [3.63, 3.8) is 0 Å². The molecule has 1 unspecified atom stereocenters. The van der Waals surface area contributed by atoms with E-state index in [0.717, 1.165) is 30.8 Å². The summed E-state index contributed by atoms with van der Waals surface area (Å²) in [5.41, 5.74) is 2.15. The van der Waals surface area contributed by atoms with E-state index in [1.165, 1.54) is 18.4 Å². The fourth-order valence-corrected chi connectivity index (χ4v) is 3.45. The van der Waals surface area contributed by atoms with Gasteiger partial charge in [-0.05, 0) is 49.2 Å². The largest absolute Gasteiger partial charge is 0.497 e. The Morgan fingerprint density at radius 2 is 2.08 bits per heavy atom. The van der Waals surface area contributed by atoms with Gasteiger partial charge in [-0.15, -0.1) is 0 Å². The van der Waals surface area contributed by atoms with Crippen molar-refractivity contribution in [1.82, 2.24) is 20.0 Å². The molecule has 4 rings (SSSR count). The zero-order valence-electron chi connectivity index (χ0n) is 14.8. The van der Waals surface area contributed by atoms with Crippen molar-refractivity contribution >= 4 is 0 Å². The summed E-state index contributed by atoms with van der Waals surface area (Å²) in [6.07, 6.45) is 6.86. The number of ether oxygens (including phenoxy) is 1. The molecule has 0 saturated carbocycles. The van der Waals surface area contributed by atoms with Crippen molar-refractivity contribution in [1.29, 1.82) is 0 Å². The molecule has 3 aromatic rings. The average Bonchev–Trinajstić information content (AvgIpc) is 3.19. The van der Waals surface area contributed by atoms with Gasteiger partial charge in [0.1, 0.15) is 5.75 Å². The van der Waals surface area contributed by atoms with Gasteiger partial charge in [0.2, 0.25) is 11.7 Å². The number of piperidine rings is 1. The number of hydrogen-bond donors (Lipinski definition) is 0. The smallest absolute Gasteiger partial charge is 0.244 e. The highest BCUT2D eigenvalue weighted by atomic mass is 16.5. The fraction of sp³-hybridized carbons (Fsp3) is 0.350. The standard InChI is InChI=1S/C20H22N4O2/c1-25-17-6-4-5-15(13-17)14-24-12-3-2-7-18(24)20-22-19(23-26-20)16-8-10-21-11-9-16/h4-6,8-11,13,18H,2-3,7,12,14H2,1H3. The van der Waals surface area contributed by atoms with Crippen LogP contribution in [0.5, 0.6) is 5.75 Å². The summed E-state index contributed by atoms with van der Waals surface area (Å²) in [4.78, 5) is 11.1. The normalized spacial score (nSPS) is 18.0. The molecule has 1 aliphatic heterocycles. The molecule has 0 aliphatic carbocycles. The highest BCUT2D eigenvalue weighted by Crippen LogP contribution is 2.32. The first-order valence-electron chi connectivity index (χ1n) is 8.94. The van der Waals surface area contributed by atoms with Gasteiger partial charge in [-0.2, -0.15) is 4.98 Å². The molecule has 6 heteroatoms. The molecule has 26 heavy (non-hydrogen) atoms. The quantitative estimate of drug-likeness (QED) is 0.696. The van der Waals surface area contributed by atoms with Crippen molar-refractivity contribution in [2.75, 3.05) is 13.7 Å². The van der Waals surface area contributed by atoms with Crippen LogP contribution >= 0.6 is 0 Å². The minimum Gasteiger partial charge on any atom is -0.497 e. The van der Waals surface area contributed by atoms with Gasteiger partial charge in [-0.1, -0.05) is 23.7 Å². The van der Waals surface area contributed by atoms with Crippen molar-refractivity contribution < 1.29 is 9.26 Å². The van der Waals surface area contributed by atoms with Crippen LogP contribution in [0, 0.1) is 0 Å². The number of rotatable bonds is 5. The molecule has 0 radical (unpaired) electrons. The molecule has 0 N–H and O–H groups in total. The molecule has 134 valence electrons. The second kappa shape index (κ2) is 7.66. The fourth-order valence-electron chi connectivity index (χ4n) is 3.45. The molecule has 2 aromatic heterocycles. The predicted octanol–water partition coefficient (Wildman–Crippen LogP) is 3.87. The number of aromatic nitrogens is 3. The van der Waals surface area contributed by atoms with Crippen LogP contribution in [-0.4, -0.2) is 33.7 Å². The molecule has 0 spiro atoms. The monoisotopic (exact) mass is 350 g/mol. The third-order valence-electron chi connectivity index (χ3n) is 4.80. The molecule has 6 nitrogen and oxygen atoms in total. The number of likely N-dealkylation sites (tertiary alicyclic amines) is 1. The molecular weight excluding hydrogens is 328 g/mol. The summed E-state index contributed by atoms with van der Waals surface area (Å²) < 4.78 is 11.0. The van der Waals surface area contributed by atoms with Gasteiger partial charge in [0, 0.05) is 24.5 Å². The zero-order chi connectivity index (χ0) is 17.8. The Morgan fingerprint density at radius 1 is 1.19 bits per heavy atom. The molecular formula is C20H22N4O2. The lowest BCUT2D eigenvalue weighted by molar-refractivity contribution is 0.111. The van der Waals surface area contributed by atoms with E-state index >= 15 is 0 Å². The van der Waals surface area contributed by atoms with Crippen LogP contribution in [0.25, 0.3) is 11.4 Å². The van der Waals surface area contributed by atoms with E-state index in [4.69, 9.17) is 9.26 Å². The van der Waals surface area contributed by atoms with Crippen molar-refractivity contribution in [3.8, 4) is 17.1 Å². The topological polar surface area (TPSA) is 64.3 Å². The first-order chi connectivity index (χ1) is 12.8. The lowest BCUT2D eigenvalue weighted by Crippen LogP contribution is -2.33. The van der Waals surface area contributed by atoms with E-state index in [2.05, 4.69) is 32.2 Å². The Bertz CT molecular complexity index is 850. The molecule has 1 atom stereocenters. The molecule has 1 aliphatic rings. The van der Waals surface area contributed by atoms with Gasteiger partial charge in [0.15, 0.2) is 0 Å². The summed E-state index contributed by atoms with van der Waals surface area (Å²) in [6.45, 7) is 1.86. The Balaban J connectivity index is 1.55. The first-order valence-corrected chi connectivity index (χ1v) is 8.94. The number of hydrogen-bond acceptors (Lipinski definition) is 6. The maximum absolute atomic E-state index is 5.62. The van der Waals surface area contributed by atoms with Gasteiger partial charge in [0.25, 0.3) is 0 Å². The third-order valence-corrected chi connectivity index (χ3v) is 4.80. The van der Waals surface area contributed by atoms with Crippen LogP contribution in [0.2, 0.25) is 0 Å². The Hall–Kier alpha value is -2.73. The second-order valence-electron chi connectivity index (χ2n) is 6.53. The van der Waals surface area contributed by atoms with E-state index in [1.54, 1.807) is 19.5 Å². The van der Waals surface area contributed by atoms with Gasteiger partial charge in [-0.3, -0.25) is 9.88 Å². The van der Waals surface area contributed by atoms with Crippen molar-refractivity contribution in [3.05, 3.63) is 60.2 Å². The van der Waals surface area contributed by atoms with Gasteiger partial charge >= 0.3 is 0 Å². The zero-order valence-corrected chi connectivity index (χ0v) is 14.8. The van der Waals surface area contributed by atoms with E-state index in [-0.39, 0.29) is 6.04 Å². The van der Waals surface area contributed by atoms with Crippen LogP contribution in [0.3, 0.4) is 0 Å². The van der Waals surface area contributed by atoms with Crippen LogP contribution in [0.4, 0.5) is 0 Å². The maximum atomic E-state index is 5.62. The van der Waals surface area contributed by atoms with E-state index < -0.39 is 0 Å². The summed E-state index contributed by atoms with van der Waals surface area (Å²) in [6, 6.07) is 12.1. The van der Waals surface area contributed by atoms with Crippen LogP contribution in [0.1, 0.15) is 36.8 Å². The second-order valence-corrected chi connectivity index (χ2v) is 6.53. The van der Waals surface area contributed by atoms with E-state index in [9.17, 15) is 0 Å². The SMILES string of the molecule is COc1cccc(CN2CCCCC2c2nc(-c3ccncc3)no2)c1. The predicted molar refractivity (Wildman–Crippen MR) is 97.5 cm³/mol. The van der Waals surface area contributed by atoms with Gasteiger partial charge < -0.3 is 9.26 Å². The lowest BCUT2D eigenvalue weighted by atomic mass is 10.0. The van der Waals surface area contributed by atoms with Gasteiger partial charge in [-0.25, -0.2) is 0 Å². The van der Waals surface area contributed by atoms with Crippen molar-refractivity contribution in [2.45, 2.75) is 31.8 Å². The third kappa shape index (κ3) is 3.60. The summed E-state index contributed by atoms with van der Waals surface area (Å²) >= 11 is 0. The highest BCUT2D eigenvalue weighted by molar-refractivity contribution is 5.52. The number of methoxy groups -OCH3 is 1. The molecule has 0 amide bonds. The highest BCUT2D eigenvalue weighted by Gasteiger charge is 2.29. The molecule has 0 bridgehead atoms. The number of benzene rings is 1. The summed E-state index contributed by atoms with van der Waals surface area (Å²) in [5.74, 6) is 2.20. The lowest BCUT2D eigenvalue weighted by Gasteiger charge is -2.33. The van der Waals surface area contributed by atoms with Crippen molar-refractivity contribution in [2.24, 2.45) is 0 Å². The average molecular weight is 350 g/mol. The first kappa shape index (κ1) is 16.7.